The molecule has 2 fully saturated rings. The lowest BCUT2D eigenvalue weighted by Gasteiger charge is -2.49. The second kappa shape index (κ2) is 12.0. The van der Waals surface area contributed by atoms with Gasteiger partial charge >= 0.3 is 5.69 Å². The highest BCUT2D eigenvalue weighted by Gasteiger charge is 2.42. The molecule has 0 bridgehead atoms. The monoisotopic (exact) mass is 512 g/mol. The van der Waals surface area contributed by atoms with Gasteiger partial charge in [0.15, 0.2) is 0 Å². The van der Waals surface area contributed by atoms with Gasteiger partial charge in [-0.2, -0.15) is 0 Å². The molecule has 2 aliphatic rings. The number of benzene rings is 1. The van der Waals surface area contributed by atoms with Crippen LogP contribution in [0, 0.1) is 11.3 Å². The van der Waals surface area contributed by atoms with Gasteiger partial charge < -0.3 is 4.43 Å². The van der Waals surface area contributed by atoms with Crippen LogP contribution in [0.1, 0.15) is 91.5 Å². The highest BCUT2D eigenvalue weighted by atomic mass is 28.3. The fraction of sp³-hybridized carbons (Fsp3) is 0.767. The fourth-order valence-electron chi connectivity index (χ4n) is 6.83. The number of hydrogen-bond donors (Lipinski definition) is 0. The highest BCUT2D eigenvalue weighted by Crippen LogP contribution is 2.38. The summed E-state index contributed by atoms with van der Waals surface area (Å²) in [6.07, 6.45) is 11.9. The van der Waals surface area contributed by atoms with E-state index in [-0.39, 0.29) is 23.3 Å². The number of rotatable bonds is 7. The van der Waals surface area contributed by atoms with Crippen molar-refractivity contribution in [3.8, 4) is 0 Å². The van der Waals surface area contributed by atoms with Crippen LogP contribution >= 0.6 is 0 Å². The molecule has 5 nitrogen and oxygen atoms in total. The Labute approximate surface area is 220 Å². The quantitative estimate of drug-likeness (QED) is 0.380. The first-order valence-corrected chi connectivity index (χ1v) is 17.0. The summed E-state index contributed by atoms with van der Waals surface area (Å²) in [7, 11) is -0.853. The molecular weight excluding hydrogens is 462 g/mol. The molecule has 1 aliphatic heterocycles. The number of fused-ring (bicyclic) bond motifs is 1. The molecule has 1 aromatic heterocycles. The third kappa shape index (κ3) is 6.19. The largest absolute Gasteiger partial charge is 0.412 e. The minimum atomic E-state index is -0.853. The molecule has 6 heteroatoms. The zero-order chi connectivity index (χ0) is 25.9. The zero-order valence-corrected chi connectivity index (χ0v) is 24.8. The van der Waals surface area contributed by atoms with Gasteiger partial charge in [0.2, 0.25) is 9.04 Å². The Hall–Kier alpha value is -1.37. The molecule has 36 heavy (non-hydrogen) atoms. The first-order valence-electron chi connectivity index (χ1n) is 14.6. The molecule has 0 spiro atoms. The first kappa shape index (κ1) is 27.7. The van der Waals surface area contributed by atoms with Gasteiger partial charge in [-0.3, -0.25) is 14.0 Å². The van der Waals surface area contributed by atoms with Crippen molar-refractivity contribution >= 4 is 20.1 Å². The Bertz CT molecular complexity index is 1030. The van der Waals surface area contributed by atoms with E-state index in [1.165, 1.54) is 51.5 Å². The minimum Gasteiger partial charge on any atom is -0.412 e. The second-order valence-corrected chi connectivity index (χ2v) is 14.7. The van der Waals surface area contributed by atoms with Crippen LogP contribution in [0.15, 0.2) is 29.1 Å². The van der Waals surface area contributed by atoms with E-state index in [4.69, 9.17) is 4.43 Å². The number of para-hydroxylation sites is 2. The van der Waals surface area contributed by atoms with Gasteiger partial charge in [0.05, 0.1) is 17.1 Å². The van der Waals surface area contributed by atoms with Crippen LogP contribution in [0.3, 0.4) is 0 Å². The van der Waals surface area contributed by atoms with E-state index in [9.17, 15) is 4.79 Å². The summed E-state index contributed by atoms with van der Waals surface area (Å²) >= 11 is 0. The van der Waals surface area contributed by atoms with Crippen LogP contribution in [0.25, 0.3) is 11.0 Å². The molecule has 0 N–H and O–H groups in total. The molecule has 1 saturated carbocycles. The molecule has 2 aromatic rings. The maximum Gasteiger partial charge on any atom is 0.329 e. The number of hydrogen-bond acceptors (Lipinski definition) is 3. The fourth-order valence-corrected chi connectivity index (χ4v) is 7.85. The number of nitrogens with zero attached hydrogens (tertiary/aromatic N) is 3. The highest BCUT2D eigenvalue weighted by molar-refractivity contribution is 6.48. The van der Waals surface area contributed by atoms with Crippen LogP contribution < -0.4 is 5.69 Å². The summed E-state index contributed by atoms with van der Waals surface area (Å²) in [5.74, 6) is 0.794. The Morgan fingerprint density at radius 2 is 1.64 bits per heavy atom. The smallest absolute Gasteiger partial charge is 0.329 e. The van der Waals surface area contributed by atoms with E-state index in [1.807, 2.05) is 10.6 Å². The van der Waals surface area contributed by atoms with Crippen molar-refractivity contribution in [1.29, 1.82) is 0 Å². The van der Waals surface area contributed by atoms with Crippen molar-refractivity contribution < 1.29 is 4.43 Å². The lowest BCUT2D eigenvalue weighted by molar-refractivity contribution is -0.0359. The molecule has 201 valence electrons. The number of aryl methyl sites for hydroxylation is 1. The summed E-state index contributed by atoms with van der Waals surface area (Å²) in [5.41, 5.74) is 2.36. The van der Waals surface area contributed by atoms with Crippen molar-refractivity contribution in [1.82, 2.24) is 14.0 Å². The Balaban J connectivity index is 1.67. The lowest BCUT2D eigenvalue weighted by atomic mass is 9.79. The molecule has 1 aromatic carbocycles. The standard InChI is InChI=1S/C30H50N3O2Si/c1-7-32-25-17-13-14-18-26(25)33(29(32)34)24-19-20-31(22-23-15-11-9-8-10-12-16-23)27(21-24)28(30(2,3)4)35-36(5)6/h13-14,17-18,23-24,27-28H,7-12,15-16,19-22H2,1-6H3. The molecule has 1 aliphatic carbocycles. The van der Waals surface area contributed by atoms with Gasteiger partial charge in [-0.05, 0) is 69.2 Å². The molecule has 3 atom stereocenters. The van der Waals surface area contributed by atoms with Crippen LogP contribution in [0.2, 0.25) is 13.1 Å². The van der Waals surface area contributed by atoms with Crippen molar-refractivity contribution in [3.63, 3.8) is 0 Å². The number of aromatic nitrogens is 2. The van der Waals surface area contributed by atoms with E-state index in [2.05, 4.69) is 68.5 Å². The summed E-state index contributed by atoms with van der Waals surface area (Å²) in [4.78, 5) is 16.4. The summed E-state index contributed by atoms with van der Waals surface area (Å²) in [6.45, 7) is 16.6. The lowest BCUT2D eigenvalue weighted by Crippen LogP contribution is -2.56. The van der Waals surface area contributed by atoms with Gasteiger partial charge in [0.25, 0.3) is 0 Å². The van der Waals surface area contributed by atoms with E-state index in [0.717, 1.165) is 36.3 Å². The predicted molar refractivity (Wildman–Crippen MR) is 153 cm³/mol. The summed E-state index contributed by atoms with van der Waals surface area (Å²) < 4.78 is 10.9. The maximum atomic E-state index is 13.6. The van der Waals surface area contributed by atoms with Crippen LogP contribution in [0.4, 0.5) is 0 Å². The minimum absolute atomic E-state index is 0.0516. The second-order valence-electron chi connectivity index (χ2n) is 12.6. The average molecular weight is 513 g/mol. The van der Waals surface area contributed by atoms with E-state index in [1.54, 1.807) is 0 Å². The average Bonchev–Trinajstić information content (AvgIpc) is 3.09. The normalized spacial score (nSPS) is 24.2. The van der Waals surface area contributed by atoms with E-state index < -0.39 is 9.04 Å². The SMILES string of the molecule is CCn1c(=O)n(C2CCN(CC3CCCCCCC3)C(C(O[Si](C)C)C(C)(C)C)C2)c2ccccc21. The van der Waals surface area contributed by atoms with Crippen molar-refractivity contribution in [2.75, 3.05) is 13.1 Å². The maximum absolute atomic E-state index is 13.6. The molecular formula is C30H50N3O2Si. The van der Waals surface area contributed by atoms with Gasteiger partial charge in [-0.1, -0.05) is 65.0 Å². The number of imidazole rings is 1. The van der Waals surface area contributed by atoms with E-state index >= 15 is 0 Å². The number of likely N-dealkylation sites (tertiary alicyclic amines) is 1. The van der Waals surface area contributed by atoms with Crippen molar-refractivity contribution in [2.24, 2.45) is 11.3 Å². The molecule has 4 rings (SSSR count). The van der Waals surface area contributed by atoms with E-state index in [0.29, 0.717) is 12.6 Å². The van der Waals surface area contributed by atoms with Gasteiger partial charge in [-0.25, -0.2) is 4.79 Å². The van der Waals surface area contributed by atoms with Gasteiger partial charge in [0, 0.05) is 31.7 Å². The molecule has 0 amide bonds. The zero-order valence-electron chi connectivity index (χ0n) is 23.8. The predicted octanol–water partition coefficient (Wildman–Crippen LogP) is 6.87. The number of piperidine rings is 1. The van der Waals surface area contributed by atoms with Crippen molar-refractivity contribution in [2.45, 2.75) is 123 Å². The molecule has 1 saturated heterocycles. The van der Waals surface area contributed by atoms with Gasteiger partial charge in [-0.15, -0.1) is 0 Å². The Morgan fingerprint density at radius 3 is 2.25 bits per heavy atom. The van der Waals surface area contributed by atoms with Crippen molar-refractivity contribution in [3.05, 3.63) is 34.7 Å². The molecule has 3 unspecified atom stereocenters. The summed E-state index contributed by atoms with van der Waals surface area (Å²) in [6, 6.07) is 8.91. The van der Waals surface area contributed by atoms with Crippen LogP contribution in [-0.2, 0) is 11.0 Å². The Kier molecular flexibility index (Phi) is 9.22. The molecule has 1 radical (unpaired) electrons. The third-order valence-corrected chi connectivity index (χ3v) is 9.29. The third-order valence-electron chi connectivity index (χ3n) is 8.57. The van der Waals surface area contributed by atoms with Crippen LogP contribution in [0.5, 0.6) is 0 Å². The van der Waals surface area contributed by atoms with Gasteiger partial charge in [0.1, 0.15) is 0 Å². The Morgan fingerprint density at radius 1 is 1.00 bits per heavy atom. The molecule has 2 heterocycles. The first-order chi connectivity index (χ1) is 17.2. The summed E-state index contributed by atoms with van der Waals surface area (Å²) in [5, 5.41) is 0. The van der Waals surface area contributed by atoms with Crippen LogP contribution in [-0.4, -0.2) is 48.3 Å². The topological polar surface area (TPSA) is 39.4 Å².